The van der Waals surface area contributed by atoms with Gasteiger partial charge in [-0.3, -0.25) is 14.5 Å². The van der Waals surface area contributed by atoms with E-state index in [1.807, 2.05) is 33.8 Å². The molecule has 1 aromatic carbocycles. The minimum absolute atomic E-state index is 0.0621. The van der Waals surface area contributed by atoms with Gasteiger partial charge in [0.05, 0.1) is 13.1 Å². The molecule has 0 saturated carbocycles. The summed E-state index contributed by atoms with van der Waals surface area (Å²) >= 11 is 5.95. The summed E-state index contributed by atoms with van der Waals surface area (Å²) in [4.78, 5) is 25.9. The first-order chi connectivity index (χ1) is 10.8. The molecule has 0 bridgehead atoms. The van der Waals surface area contributed by atoms with Crippen LogP contribution in [0.15, 0.2) is 18.2 Å². The molecule has 2 N–H and O–H groups in total. The third kappa shape index (κ3) is 7.01. The summed E-state index contributed by atoms with van der Waals surface area (Å²) in [7, 11) is 0. The van der Waals surface area contributed by atoms with Gasteiger partial charge in [-0.15, -0.1) is 0 Å². The van der Waals surface area contributed by atoms with Crippen molar-refractivity contribution in [1.29, 1.82) is 0 Å². The van der Waals surface area contributed by atoms with Crippen LogP contribution in [-0.4, -0.2) is 42.4 Å². The van der Waals surface area contributed by atoms with Gasteiger partial charge in [-0.25, -0.2) is 0 Å². The Kier molecular flexibility index (Phi) is 8.06. The average Bonchev–Trinajstić information content (AvgIpc) is 2.49. The number of halogens is 1. The summed E-state index contributed by atoms with van der Waals surface area (Å²) in [5, 5.41) is 6.32. The van der Waals surface area contributed by atoms with Gasteiger partial charge in [-0.05, 0) is 44.5 Å². The standard InChI is InChI=1S/C17H26ClN3O2/c1-5-13(4)19-16(22)10-21(6-2)11-17(23)20-15-9-14(18)8-7-12(15)3/h7-9,13H,5-6,10-11H2,1-4H3,(H,19,22)(H,20,23)/t13-/m1/s1. The number of benzene rings is 1. The summed E-state index contributed by atoms with van der Waals surface area (Å²) in [6, 6.07) is 5.50. The first-order valence-corrected chi connectivity index (χ1v) is 8.31. The highest BCUT2D eigenvalue weighted by Crippen LogP contribution is 2.20. The molecule has 0 saturated heterocycles. The van der Waals surface area contributed by atoms with Crippen molar-refractivity contribution < 1.29 is 9.59 Å². The van der Waals surface area contributed by atoms with Gasteiger partial charge in [0, 0.05) is 16.8 Å². The van der Waals surface area contributed by atoms with Crippen LogP contribution in [0, 0.1) is 6.92 Å². The molecule has 0 spiro atoms. The number of nitrogens with one attached hydrogen (secondary N) is 2. The van der Waals surface area contributed by atoms with E-state index in [9.17, 15) is 9.59 Å². The Morgan fingerprint density at radius 3 is 2.48 bits per heavy atom. The fourth-order valence-electron chi connectivity index (χ4n) is 2.03. The van der Waals surface area contributed by atoms with Crippen molar-refractivity contribution in [3.8, 4) is 0 Å². The van der Waals surface area contributed by atoms with Crippen LogP contribution in [0.25, 0.3) is 0 Å². The normalized spacial score (nSPS) is 12.1. The molecular weight excluding hydrogens is 314 g/mol. The highest BCUT2D eigenvalue weighted by atomic mass is 35.5. The maximum atomic E-state index is 12.2. The quantitative estimate of drug-likeness (QED) is 0.765. The fourth-order valence-corrected chi connectivity index (χ4v) is 2.20. The van der Waals surface area contributed by atoms with Crippen LogP contribution < -0.4 is 10.6 Å². The van der Waals surface area contributed by atoms with Crippen LogP contribution >= 0.6 is 11.6 Å². The summed E-state index contributed by atoms with van der Waals surface area (Å²) in [6.45, 7) is 8.80. The Morgan fingerprint density at radius 2 is 1.87 bits per heavy atom. The molecular formula is C17H26ClN3O2. The number of carbonyl (C=O) groups is 2. The largest absolute Gasteiger partial charge is 0.353 e. The summed E-state index contributed by atoms with van der Waals surface area (Å²) in [5.41, 5.74) is 1.64. The number of hydrogen-bond acceptors (Lipinski definition) is 3. The number of hydrogen-bond donors (Lipinski definition) is 2. The molecule has 1 atom stereocenters. The van der Waals surface area contributed by atoms with Gasteiger partial charge in [0.25, 0.3) is 0 Å². The van der Waals surface area contributed by atoms with Crippen molar-refractivity contribution >= 4 is 29.1 Å². The van der Waals surface area contributed by atoms with Gasteiger partial charge in [0.1, 0.15) is 0 Å². The molecule has 1 aromatic rings. The number of anilines is 1. The molecule has 0 aliphatic carbocycles. The summed E-state index contributed by atoms with van der Waals surface area (Å²) in [5.74, 6) is -0.221. The van der Waals surface area contributed by atoms with Crippen LogP contribution in [0.3, 0.4) is 0 Å². The van der Waals surface area contributed by atoms with Gasteiger partial charge in [0.15, 0.2) is 0 Å². The fraction of sp³-hybridized carbons (Fsp3) is 0.529. The van der Waals surface area contributed by atoms with Crippen molar-refractivity contribution in [2.24, 2.45) is 0 Å². The molecule has 0 aliphatic heterocycles. The van der Waals surface area contributed by atoms with Gasteiger partial charge < -0.3 is 10.6 Å². The van der Waals surface area contributed by atoms with Crippen molar-refractivity contribution in [2.75, 3.05) is 25.0 Å². The molecule has 1 rings (SSSR count). The molecule has 2 amide bonds. The Morgan fingerprint density at radius 1 is 1.22 bits per heavy atom. The van der Waals surface area contributed by atoms with E-state index in [1.54, 1.807) is 17.0 Å². The third-order valence-corrected chi connectivity index (χ3v) is 3.91. The molecule has 128 valence electrons. The van der Waals surface area contributed by atoms with Crippen LogP contribution in [0.2, 0.25) is 5.02 Å². The van der Waals surface area contributed by atoms with E-state index in [-0.39, 0.29) is 30.9 Å². The predicted molar refractivity (Wildman–Crippen MR) is 94.8 cm³/mol. The lowest BCUT2D eigenvalue weighted by molar-refractivity contribution is -0.123. The molecule has 0 aliphatic rings. The monoisotopic (exact) mass is 339 g/mol. The molecule has 0 aromatic heterocycles. The molecule has 0 fully saturated rings. The first-order valence-electron chi connectivity index (χ1n) is 7.93. The lowest BCUT2D eigenvalue weighted by Gasteiger charge is -2.21. The van der Waals surface area contributed by atoms with Crippen LogP contribution in [0.1, 0.15) is 32.8 Å². The highest BCUT2D eigenvalue weighted by molar-refractivity contribution is 6.31. The molecule has 23 heavy (non-hydrogen) atoms. The number of nitrogens with zero attached hydrogens (tertiary/aromatic N) is 1. The third-order valence-electron chi connectivity index (χ3n) is 3.68. The molecule has 0 heterocycles. The number of aryl methyl sites for hydroxylation is 1. The Hall–Kier alpha value is -1.59. The van der Waals surface area contributed by atoms with E-state index in [2.05, 4.69) is 10.6 Å². The second kappa shape index (κ2) is 9.53. The minimum atomic E-state index is -0.159. The molecule has 6 heteroatoms. The van der Waals surface area contributed by atoms with E-state index >= 15 is 0 Å². The zero-order chi connectivity index (χ0) is 17.4. The lowest BCUT2D eigenvalue weighted by Crippen LogP contribution is -2.43. The maximum absolute atomic E-state index is 12.2. The Bertz CT molecular complexity index is 549. The van der Waals surface area contributed by atoms with Crippen molar-refractivity contribution in [3.05, 3.63) is 28.8 Å². The predicted octanol–water partition coefficient (Wildman–Crippen LogP) is 2.82. The lowest BCUT2D eigenvalue weighted by atomic mass is 10.2. The Balaban J connectivity index is 2.56. The number of carbonyl (C=O) groups excluding carboxylic acids is 2. The van der Waals surface area contributed by atoms with Crippen LogP contribution in [-0.2, 0) is 9.59 Å². The summed E-state index contributed by atoms with van der Waals surface area (Å²) in [6.07, 6.45) is 0.881. The van der Waals surface area contributed by atoms with Gasteiger partial charge in [0.2, 0.25) is 11.8 Å². The van der Waals surface area contributed by atoms with E-state index in [1.165, 1.54) is 0 Å². The zero-order valence-electron chi connectivity index (χ0n) is 14.3. The molecule has 0 radical (unpaired) electrons. The second-order valence-corrected chi connectivity index (χ2v) is 6.12. The number of rotatable bonds is 8. The SMILES string of the molecule is CC[C@@H](C)NC(=O)CN(CC)CC(=O)Nc1cc(Cl)ccc1C. The van der Waals surface area contributed by atoms with Crippen molar-refractivity contribution in [3.63, 3.8) is 0 Å². The van der Waals surface area contributed by atoms with Crippen molar-refractivity contribution in [1.82, 2.24) is 10.2 Å². The Labute approximate surface area is 143 Å². The number of amides is 2. The zero-order valence-corrected chi connectivity index (χ0v) is 15.0. The second-order valence-electron chi connectivity index (χ2n) is 5.69. The van der Waals surface area contributed by atoms with Crippen LogP contribution in [0.4, 0.5) is 5.69 Å². The van der Waals surface area contributed by atoms with E-state index in [0.717, 1.165) is 12.0 Å². The summed E-state index contributed by atoms with van der Waals surface area (Å²) < 4.78 is 0. The van der Waals surface area contributed by atoms with Gasteiger partial charge >= 0.3 is 0 Å². The first kappa shape index (κ1) is 19.5. The van der Waals surface area contributed by atoms with Gasteiger partial charge in [-0.2, -0.15) is 0 Å². The number of likely N-dealkylation sites (N-methyl/N-ethyl adjacent to an activating group) is 1. The topological polar surface area (TPSA) is 61.4 Å². The smallest absolute Gasteiger partial charge is 0.238 e. The van der Waals surface area contributed by atoms with E-state index < -0.39 is 0 Å². The highest BCUT2D eigenvalue weighted by Gasteiger charge is 2.15. The maximum Gasteiger partial charge on any atom is 0.238 e. The average molecular weight is 340 g/mol. The minimum Gasteiger partial charge on any atom is -0.353 e. The van der Waals surface area contributed by atoms with Crippen molar-refractivity contribution in [2.45, 2.75) is 40.2 Å². The van der Waals surface area contributed by atoms with E-state index in [0.29, 0.717) is 17.3 Å². The van der Waals surface area contributed by atoms with Crippen LogP contribution in [0.5, 0.6) is 0 Å². The van der Waals surface area contributed by atoms with Gasteiger partial charge in [-0.1, -0.05) is 31.5 Å². The molecule has 0 unspecified atom stereocenters. The van der Waals surface area contributed by atoms with E-state index in [4.69, 9.17) is 11.6 Å². The molecule has 5 nitrogen and oxygen atoms in total.